The van der Waals surface area contributed by atoms with Gasteiger partial charge in [0.15, 0.2) is 0 Å². The molecule has 1 aliphatic heterocycles. The highest BCUT2D eigenvalue weighted by Crippen LogP contribution is 2.09. The highest BCUT2D eigenvalue weighted by molar-refractivity contribution is 5.73. The van der Waals surface area contributed by atoms with Crippen LogP contribution in [0.15, 0.2) is 35.9 Å². The Morgan fingerprint density at radius 2 is 1.74 bits per heavy atom. The highest BCUT2D eigenvalue weighted by Gasteiger charge is 2.18. The second kappa shape index (κ2) is 6.53. The maximum absolute atomic E-state index is 11.3. The summed E-state index contributed by atoms with van der Waals surface area (Å²) in [6, 6.07) is 10.4. The van der Waals surface area contributed by atoms with Crippen LogP contribution in [0.1, 0.15) is 19.4 Å². The van der Waals surface area contributed by atoms with Crippen molar-refractivity contribution in [2.24, 2.45) is 0 Å². The molecule has 0 aromatic heterocycles. The molecule has 1 amide bonds. The first-order chi connectivity index (χ1) is 9.15. The van der Waals surface area contributed by atoms with E-state index in [2.05, 4.69) is 42.2 Å². The van der Waals surface area contributed by atoms with Crippen molar-refractivity contribution in [1.82, 2.24) is 9.80 Å². The molecule has 1 aromatic rings. The van der Waals surface area contributed by atoms with Crippen LogP contribution in [0.2, 0.25) is 0 Å². The first-order valence-corrected chi connectivity index (χ1v) is 6.85. The van der Waals surface area contributed by atoms with Gasteiger partial charge < -0.3 is 4.90 Å². The van der Waals surface area contributed by atoms with Gasteiger partial charge in [0.1, 0.15) is 0 Å². The van der Waals surface area contributed by atoms with Gasteiger partial charge in [-0.15, -0.1) is 0 Å². The Kier molecular flexibility index (Phi) is 4.74. The molecule has 1 heterocycles. The SMILES string of the molecule is CC(=O)N1CCN(CC(C)=Cc2ccccc2)CC1. The number of benzene rings is 1. The minimum Gasteiger partial charge on any atom is -0.340 e. The molecule has 1 saturated heterocycles. The lowest BCUT2D eigenvalue weighted by Gasteiger charge is -2.34. The fourth-order valence-electron chi connectivity index (χ4n) is 2.45. The smallest absolute Gasteiger partial charge is 0.219 e. The number of hydrogen-bond donors (Lipinski definition) is 0. The van der Waals surface area contributed by atoms with Gasteiger partial charge in [-0.3, -0.25) is 9.69 Å². The fourth-order valence-corrected chi connectivity index (χ4v) is 2.45. The van der Waals surface area contributed by atoms with E-state index in [0.29, 0.717) is 0 Å². The second-order valence-corrected chi connectivity index (χ2v) is 5.18. The van der Waals surface area contributed by atoms with Crippen LogP contribution >= 0.6 is 0 Å². The lowest BCUT2D eigenvalue weighted by molar-refractivity contribution is -0.130. The Labute approximate surface area is 115 Å². The van der Waals surface area contributed by atoms with Crippen molar-refractivity contribution in [3.63, 3.8) is 0 Å². The van der Waals surface area contributed by atoms with Crippen molar-refractivity contribution < 1.29 is 4.79 Å². The number of carbonyl (C=O) groups excluding carboxylic acids is 1. The van der Waals surface area contributed by atoms with Gasteiger partial charge in [0.25, 0.3) is 0 Å². The van der Waals surface area contributed by atoms with Crippen molar-refractivity contribution >= 4 is 12.0 Å². The quantitative estimate of drug-likeness (QED) is 0.830. The molecule has 0 bridgehead atoms. The van der Waals surface area contributed by atoms with Gasteiger partial charge in [0.05, 0.1) is 0 Å². The van der Waals surface area contributed by atoms with Crippen LogP contribution in [0.3, 0.4) is 0 Å². The van der Waals surface area contributed by atoms with Crippen molar-refractivity contribution in [2.75, 3.05) is 32.7 Å². The summed E-state index contributed by atoms with van der Waals surface area (Å²) >= 11 is 0. The molecule has 0 N–H and O–H groups in total. The maximum Gasteiger partial charge on any atom is 0.219 e. The van der Waals surface area contributed by atoms with Gasteiger partial charge in [-0.05, 0) is 12.5 Å². The van der Waals surface area contributed by atoms with Crippen LogP contribution in [-0.2, 0) is 4.79 Å². The number of nitrogens with zero attached hydrogens (tertiary/aromatic N) is 2. The third-order valence-corrected chi connectivity index (χ3v) is 3.50. The Balaban J connectivity index is 1.85. The Hall–Kier alpha value is -1.61. The number of rotatable bonds is 3. The van der Waals surface area contributed by atoms with Crippen molar-refractivity contribution in [3.8, 4) is 0 Å². The third-order valence-electron chi connectivity index (χ3n) is 3.50. The van der Waals surface area contributed by atoms with Crippen molar-refractivity contribution in [1.29, 1.82) is 0 Å². The van der Waals surface area contributed by atoms with E-state index in [4.69, 9.17) is 0 Å². The molecule has 2 rings (SSSR count). The minimum absolute atomic E-state index is 0.191. The second-order valence-electron chi connectivity index (χ2n) is 5.18. The predicted octanol–water partition coefficient (Wildman–Crippen LogP) is 2.25. The molecule has 0 saturated carbocycles. The van der Waals surface area contributed by atoms with Crippen molar-refractivity contribution in [3.05, 3.63) is 41.5 Å². The summed E-state index contributed by atoms with van der Waals surface area (Å²) in [6.45, 7) is 8.46. The number of carbonyl (C=O) groups is 1. The molecule has 1 aliphatic rings. The Morgan fingerprint density at radius 3 is 2.32 bits per heavy atom. The van der Waals surface area contributed by atoms with Crippen LogP contribution in [0.4, 0.5) is 0 Å². The summed E-state index contributed by atoms with van der Waals surface area (Å²) in [5.74, 6) is 0.191. The molecule has 3 nitrogen and oxygen atoms in total. The molecular weight excluding hydrogens is 236 g/mol. The van der Waals surface area contributed by atoms with Crippen LogP contribution in [0.25, 0.3) is 6.08 Å². The normalized spacial score (nSPS) is 17.6. The van der Waals surface area contributed by atoms with Gasteiger partial charge >= 0.3 is 0 Å². The number of hydrogen-bond acceptors (Lipinski definition) is 2. The van der Waals surface area contributed by atoms with Crippen LogP contribution < -0.4 is 0 Å². The van der Waals surface area contributed by atoms with Gasteiger partial charge in [-0.2, -0.15) is 0 Å². The zero-order valence-corrected chi connectivity index (χ0v) is 11.8. The summed E-state index contributed by atoms with van der Waals surface area (Å²) in [4.78, 5) is 15.6. The molecule has 0 unspecified atom stereocenters. The van der Waals surface area contributed by atoms with Crippen LogP contribution in [0, 0.1) is 0 Å². The number of amides is 1. The summed E-state index contributed by atoms with van der Waals surface area (Å²) in [5, 5.41) is 0. The van der Waals surface area contributed by atoms with Crippen LogP contribution in [-0.4, -0.2) is 48.4 Å². The fraction of sp³-hybridized carbons (Fsp3) is 0.438. The zero-order valence-electron chi connectivity index (χ0n) is 11.8. The molecule has 102 valence electrons. The highest BCUT2D eigenvalue weighted by atomic mass is 16.2. The molecule has 19 heavy (non-hydrogen) atoms. The minimum atomic E-state index is 0.191. The molecule has 3 heteroatoms. The van der Waals surface area contributed by atoms with Crippen LogP contribution in [0.5, 0.6) is 0 Å². The Morgan fingerprint density at radius 1 is 1.11 bits per heavy atom. The van der Waals surface area contributed by atoms with Gasteiger partial charge in [-0.1, -0.05) is 42.0 Å². The van der Waals surface area contributed by atoms with Gasteiger partial charge in [0.2, 0.25) is 5.91 Å². The maximum atomic E-state index is 11.3. The summed E-state index contributed by atoms with van der Waals surface area (Å²) in [5.41, 5.74) is 2.62. The summed E-state index contributed by atoms with van der Waals surface area (Å²) in [7, 11) is 0. The largest absolute Gasteiger partial charge is 0.340 e. The Bertz CT molecular complexity index is 445. The third kappa shape index (κ3) is 4.21. The van der Waals surface area contributed by atoms with E-state index in [-0.39, 0.29) is 5.91 Å². The van der Waals surface area contributed by atoms with E-state index in [0.717, 1.165) is 32.7 Å². The molecule has 1 aromatic carbocycles. The van der Waals surface area contributed by atoms with Crippen molar-refractivity contribution in [2.45, 2.75) is 13.8 Å². The lowest BCUT2D eigenvalue weighted by Crippen LogP contribution is -2.48. The predicted molar refractivity (Wildman–Crippen MR) is 78.8 cm³/mol. The molecule has 0 aliphatic carbocycles. The average Bonchev–Trinajstić information content (AvgIpc) is 2.40. The van der Waals surface area contributed by atoms with E-state index in [9.17, 15) is 4.79 Å². The topological polar surface area (TPSA) is 23.6 Å². The van der Waals surface area contributed by atoms with E-state index in [1.807, 2.05) is 11.0 Å². The van der Waals surface area contributed by atoms with Gasteiger partial charge in [-0.25, -0.2) is 0 Å². The summed E-state index contributed by atoms with van der Waals surface area (Å²) in [6.07, 6.45) is 2.23. The van der Waals surface area contributed by atoms with E-state index in [1.165, 1.54) is 11.1 Å². The molecular formula is C16H22N2O. The van der Waals surface area contributed by atoms with E-state index >= 15 is 0 Å². The standard InChI is InChI=1S/C16H22N2O/c1-14(12-16-6-4-3-5-7-16)13-17-8-10-18(11-9-17)15(2)19/h3-7,12H,8-11,13H2,1-2H3. The average molecular weight is 258 g/mol. The monoisotopic (exact) mass is 258 g/mol. The number of piperazine rings is 1. The molecule has 1 fully saturated rings. The van der Waals surface area contributed by atoms with E-state index in [1.54, 1.807) is 6.92 Å². The lowest BCUT2D eigenvalue weighted by atomic mass is 10.1. The first kappa shape index (κ1) is 13.8. The summed E-state index contributed by atoms with van der Waals surface area (Å²) < 4.78 is 0. The molecule has 0 radical (unpaired) electrons. The zero-order chi connectivity index (χ0) is 13.7. The van der Waals surface area contributed by atoms with E-state index < -0.39 is 0 Å². The molecule has 0 spiro atoms. The van der Waals surface area contributed by atoms with Gasteiger partial charge in [0, 0.05) is 39.6 Å². The molecule has 0 atom stereocenters. The first-order valence-electron chi connectivity index (χ1n) is 6.85.